The Morgan fingerprint density at radius 2 is 1.95 bits per heavy atom. The van der Waals surface area contributed by atoms with E-state index in [1.54, 1.807) is 11.8 Å². The lowest BCUT2D eigenvalue weighted by molar-refractivity contribution is 0.508. The highest BCUT2D eigenvalue weighted by Gasteiger charge is 2.06. The minimum atomic E-state index is 0.710. The maximum Gasteiger partial charge on any atom is 0.173 e. The molecule has 0 aliphatic carbocycles. The van der Waals surface area contributed by atoms with Crippen LogP contribution in [0.25, 0.3) is 0 Å². The van der Waals surface area contributed by atoms with Crippen LogP contribution in [0.3, 0.4) is 0 Å². The van der Waals surface area contributed by atoms with Gasteiger partial charge in [-0.3, -0.25) is 0 Å². The lowest BCUT2D eigenvalue weighted by Gasteiger charge is -2.21. The predicted octanol–water partition coefficient (Wildman–Crippen LogP) is 5.00. The molecule has 0 saturated heterocycles. The van der Waals surface area contributed by atoms with Crippen molar-refractivity contribution in [3.05, 3.63) is 58.6 Å². The molecule has 0 atom stereocenters. The van der Waals surface area contributed by atoms with Crippen LogP contribution < -0.4 is 5.32 Å². The van der Waals surface area contributed by atoms with E-state index in [2.05, 4.69) is 51.8 Å². The summed E-state index contributed by atoms with van der Waals surface area (Å²) in [4.78, 5) is 3.31. The maximum atomic E-state index is 5.45. The summed E-state index contributed by atoms with van der Waals surface area (Å²) in [6.07, 6.45) is 2.08. The van der Waals surface area contributed by atoms with Gasteiger partial charge in [0.15, 0.2) is 5.11 Å². The molecule has 21 heavy (non-hydrogen) atoms. The van der Waals surface area contributed by atoms with E-state index < -0.39 is 0 Å². The monoisotopic (exact) mass is 380 g/mol. The summed E-state index contributed by atoms with van der Waals surface area (Å²) in [5, 5.41) is 3.96. The molecular weight excluding hydrogens is 364 g/mol. The van der Waals surface area contributed by atoms with Crippen LogP contribution in [-0.4, -0.2) is 23.3 Å². The van der Waals surface area contributed by atoms with Crippen LogP contribution in [-0.2, 0) is 6.54 Å². The molecule has 0 fully saturated rings. The van der Waals surface area contributed by atoms with Crippen molar-refractivity contribution in [3.8, 4) is 0 Å². The normalized spacial score (nSPS) is 10.2. The van der Waals surface area contributed by atoms with E-state index in [4.69, 9.17) is 12.2 Å². The Kier molecular flexibility index (Phi) is 6.08. The molecule has 1 N–H and O–H groups in total. The van der Waals surface area contributed by atoms with Crippen LogP contribution in [0.1, 0.15) is 5.56 Å². The number of nitrogens with one attached hydrogen (secondary N) is 1. The van der Waals surface area contributed by atoms with Gasteiger partial charge in [-0.1, -0.05) is 34.1 Å². The molecule has 110 valence electrons. The summed E-state index contributed by atoms with van der Waals surface area (Å²) >= 11 is 10.7. The predicted molar refractivity (Wildman–Crippen MR) is 100 cm³/mol. The molecule has 0 bridgehead atoms. The Morgan fingerprint density at radius 1 is 1.24 bits per heavy atom. The summed E-state index contributed by atoms with van der Waals surface area (Å²) < 4.78 is 1.03. The summed E-state index contributed by atoms with van der Waals surface area (Å²) in [6, 6.07) is 16.5. The van der Waals surface area contributed by atoms with Crippen molar-refractivity contribution in [2.75, 3.05) is 18.6 Å². The van der Waals surface area contributed by atoms with Gasteiger partial charge in [0, 0.05) is 28.6 Å². The molecule has 2 nitrogen and oxygen atoms in total. The SMILES string of the molecule is CSc1ccc(CN(C)C(=S)Nc2cccc(Br)c2)cc1. The standard InChI is InChI=1S/C16H17BrN2S2/c1-19(11-12-6-8-15(21-2)9-7-12)16(20)18-14-5-3-4-13(17)10-14/h3-10H,11H2,1-2H3,(H,18,20). The van der Waals surface area contributed by atoms with Gasteiger partial charge >= 0.3 is 0 Å². The second-order valence-electron chi connectivity index (χ2n) is 4.64. The lowest BCUT2D eigenvalue weighted by Crippen LogP contribution is -2.30. The van der Waals surface area contributed by atoms with Crippen LogP contribution in [0.2, 0.25) is 0 Å². The molecule has 2 rings (SSSR count). The molecule has 0 unspecified atom stereocenters. The zero-order valence-electron chi connectivity index (χ0n) is 12.0. The number of rotatable bonds is 4. The summed E-state index contributed by atoms with van der Waals surface area (Å²) in [5.74, 6) is 0. The second kappa shape index (κ2) is 7.82. The highest BCUT2D eigenvalue weighted by molar-refractivity contribution is 9.10. The van der Waals surface area contributed by atoms with E-state index in [-0.39, 0.29) is 0 Å². The Labute approximate surface area is 144 Å². The number of hydrogen-bond donors (Lipinski definition) is 1. The molecular formula is C16H17BrN2S2. The van der Waals surface area contributed by atoms with E-state index in [1.165, 1.54) is 10.5 Å². The molecule has 0 amide bonds. The Balaban J connectivity index is 1.95. The summed E-state index contributed by atoms with van der Waals surface area (Å²) in [5.41, 5.74) is 2.23. The fraction of sp³-hybridized carbons (Fsp3) is 0.188. The van der Waals surface area contributed by atoms with Crippen LogP contribution >= 0.6 is 39.9 Å². The largest absolute Gasteiger partial charge is 0.348 e. The zero-order valence-corrected chi connectivity index (χ0v) is 15.2. The van der Waals surface area contributed by atoms with E-state index in [1.807, 2.05) is 36.2 Å². The minimum Gasteiger partial charge on any atom is -0.348 e. The Hall–Kier alpha value is -1.04. The third-order valence-electron chi connectivity index (χ3n) is 3.00. The molecule has 0 heterocycles. The van der Waals surface area contributed by atoms with Crippen LogP contribution in [0, 0.1) is 0 Å². The molecule has 5 heteroatoms. The lowest BCUT2D eigenvalue weighted by atomic mass is 10.2. The van der Waals surface area contributed by atoms with Crippen molar-refractivity contribution >= 4 is 50.7 Å². The van der Waals surface area contributed by atoms with Gasteiger partial charge in [0.2, 0.25) is 0 Å². The van der Waals surface area contributed by atoms with Gasteiger partial charge in [-0.15, -0.1) is 11.8 Å². The van der Waals surface area contributed by atoms with Gasteiger partial charge in [-0.25, -0.2) is 0 Å². The van der Waals surface area contributed by atoms with Gasteiger partial charge in [0.25, 0.3) is 0 Å². The number of halogens is 1. The number of anilines is 1. The molecule has 0 aromatic heterocycles. The molecule has 0 radical (unpaired) electrons. The molecule has 2 aromatic rings. The average Bonchev–Trinajstić information content (AvgIpc) is 2.48. The van der Waals surface area contributed by atoms with E-state index in [0.717, 1.165) is 16.7 Å². The van der Waals surface area contributed by atoms with Crippen molar-refractivity contribution in [3.63, 3.8) is 0 Å². The average molecular weight is 381 g/mol. The fourth-order valence-corrected chi connectivity index (χ4v) is 2.85. The number of thiocarbonyl (C=S) groups is 1. The van der Waals surface area contributed by atoms with Crippen LogP contribution in [0.15, 0.2) is 57.9 Å². The van der Waals surface area contributed by atoms with Crippen molar-refractivity contribution < 1.29 is 0 Å². The third-order valence-corrected chi connectivity index (χ3v) is 4.65. The molecule has 0 spiro atoms. The summed E-state index contributed by atoms with van der Waals surface area (Å²) in [6.45, 7) is 0.786. The first-order valence-corrected chi connectivity index (χ1v) is 8.91. The fourth-order valence-electron chi connectivity index (χ4n) is 1.86. The van der Waals surface area contributed by atoms with E-state index in [9.17, 15) is 0 Å². The first kappa shape index (κ1) is 16.3. The topological polar surface area (TPSA) is 15.3 Å². The van der Waals surface area contributed by atoms with Crippen molar-refractivity contribution in [2.24, 2.45) is 0 Å². The highest BCUT2D eigenvalue weighted by Crippen LogP contribution is 2.17. The van der Waals surface area contributed by atoms with Crippen molar-refractivity contribution in [2.45, 2.75) is 11.4 Å². The van der Waals surface area contributed by atoms with Gasteiger partial charge in [0.05, 0.1) is 0 Å². The first-order chi connectivity index (χ1) is 10.1. The van der Waals surface area contributed by atoms with Gasteiger partial charge in [0.1, 0.15) is 0 Å². The number of nitrogens with zero attached hydrogens (tertiary/aromatic N) is 1. The minimum absolute atomic E-state index is 0.710. The Morgan fingerprint density at radius 3 is 2.57 bits per heavy atom. The zero-order chi connectivity index (χ0) is 15.2. The van der Waals surface area contributed by atoms with E-state index in [0.29, 0.717) is 5.11 Å². The van der Waals surface area contributed by atoms with E-state index >= 15 is 0 Å². The smallest absolute Gasteiger partial charge is 0.173 e. The maximum absolute atomic E-state index is 5.45. The van der Waals surface area contributed by atoms with Crippen molar-refractivity contribution in [1.82, 2.24) is 4.90 Å². The Bertz CT molecular complexity index is 614. The van der Waals surface area contributed by atoms with Crippen LogP contribution in [0.4, 0.5) is 5.69 Å². The van der Waals surface area contributed by atoms with Gasteiger partial charge < -0.3 is 10.2 Å². The molecule has 0 saturated carbocycles. The highest BCUT2D eigenvalue weighted by atomic mass is 79.9. The van der Waals surface area contributed by atoms with Gasteiger partial charge in [-0.2, -0.15) is 0 Å². The van der Waals surface area contributed by atoms with Crippen molar-refractivity contribution in [1.29, 1.82) is 0 Å². The molecule has 0 aliphatic heterocycles. The van der Waals surface area contributed by atoms with Gasteiger partial charge in [-0.05, 0) is 54.4 Å². The number of thioether (sulfide) groups is 1. The third kappa shape index (κ3) is 5.02. The molecule has 0 aliphatic rings. The van der Waals surface area contributed by atoms with Crippen LogP contribution in [0.5, 0.6) is 0 Å². The first-order valence-electron chi connectivity index (χ1n) is 6.49. The number of hydrogen-bond acceptors (Lipinski definition) is 2. The molecule has 2 aromatic carbocycles. The second-order valence-corrected chi connectivity index (χ2v) is 6.83. The quantitative estimate of drug-likeness (QED) is 0.592. The number of benzene rings is 2. The summed E-state index contributed by atoms with van der Waals surface area (Å²) in [7, 11) is 2.00.